The number of carbonyl (C=O) groups excluding carboxylic acids is 1. The molecule has 2 N–H and O–H groups in total. The van der Waals surface area contributed by atoms with Gasteiger partial charge in [-0.1, -0.05) is 0 Å². The highest BCUT2D eigenvalue weighted by atomic mass is 19.1. The van der Waals surface area contributed by atoms with Crippen LogP contribution >= 0.6 is 0 Å². The summed E-state index contributed by atoms with van der Waals surface area (Å²) >= 11 is 0. The first-order chi connectivity index (χ1) is 10.6. The van der Waals surface area contributed by atoms with Crippen LogP contribution in [0.4, 0.5) is 10.1 Å². The van der Waals surface area contributed by atoms with E-state index in [4.69, 9.17) is 0 Å². The lowest BCUT2D eigenvalue weighted by molar-refractivity contribution is 0.102. The van der Waals surface area contributed by atoms with Crippen molar-refractivity contribution in [1.82, 2.24) is 15.3 Å². The van der Waals surface area contributed by atoms with Gasteiger partial charge in [0, 0.05) is 11.9 Å². The minimum atomic E-state index is -0.342. The van der Waals surface area contributed by atoms with Gasteiger partial charge < -0.3 is 10.6 Å². The van der Waals surface area contributed by atoms with E-state index in [9.17, 15) is 9.18 Å². The van der Waals surface area contributed by atoms with Crippen LogP contribution in [0.3, 0.4) is 0 Å². The standard InChI is InChI=1S/C16H17FN4O/c1-10-13(9-19-15(20-10)14-3-2-8-18-14)16(22)21-12-6-4-11(17)5-7-12/h4-7,9,14,18H,2-3,8H2,1H3,(H,21,22)/t14-/m0/s1. The van der Waals surface area contributed by atoms with Crippen LogP contribution in [0.15, 0.2) is 30.5 Å². The SMILES string of the molecule is Cc1nc([C@@H]2CCCN2)ncc1C(=O)Nc1ccc(F)cc1. The zero-order valence-electron chi connectivity index (χ0n) is 12.3. The van der Waals surface area contributed by atoms with Crippen molar-refractivity contribution in [2.45, 2.75) is 25.8 Å². The maximum absolute atomic E-state index is 12.9. The van der Waals surface area contributed by atoms with Crippen molar-refractivity contribution >= 4 is 11.6 Å². The van der Waals surface area contributed by atoms with E-state index in [0.29, 0.717) is 16.9 Å². The highest BCUT2D eigenvalue weighted by Gasteiger charge is 2.20. The molecule has 6 heteroatoms. The number of aromatic nitrogens is 2. The van der Waals surface area contributed by atoms with Gasteiger partial charge in [-0.05, 0) is 50.6 Å². The quantitative estimate of drug-likeness (QED) is 0.914. The monoisotopic (exact) mass is 300 g/mol. The number of anilines is 1. The fourth-order valence-corrected chi connectivity index (χ4v) is 2.51. The molecular weight excluding hydrogens is 283 g/mol. The number of hydrogen-bond acceptors (Lipinski definition) is 4. The predicted molar refractivity (Wildman–Crippen MR) is 81.1 cm³/mol. The molecular formula is C16H17FN4O. The summed E-state index contributed by atoms with van der Waals surface area (Å²) in [5.41, 5.74) is 1.59. The first kappa shape index (κ1) is 14.6. The molecule has 1 aromatic heterocycles. The van der Waals surface area contributed by atoms with Crippen molar-refractivity contribution in [3.05, 3.63) is 53.4 Å². The molecule has 114 valence electrons. The first-order valence-electron chi connectivity index (χ1n) is 7.27. The van der Waals surface area contributed by atoms with Crippen LogP contribution in [-0.2, 0) is 0 Å². The summed E-state index contributed by atoms with van der Waals surface area (Å²) < 4.78 is 12.9. The van der Waals surface area contributed by atoms with E-state index in [2.05, 4.69) is 20.6 Å². The fraction of sp³-hybridized carbons (Fsp3) is 0.312. The molecule has 0 saturated carbocycles. The largest absolute Gasteiger partial charge is 0.322 e. The Bertz CT molecular complexity index is 681. The Balaban J connectivity index is 1.76. The molecule has 0 spiro atoms. The molecule has 0 unspecified atom stereocenters. The molecule has 2 aromatic rings. The third-order valence-electron chi connectivity index (χ3n) is 3.72. The lowest BCUT2D eigenvalue weighted by Crippen LogP contribution is -2.19. The van der Waals surface area contributed by atoms with Gasteiger partial charge in [-0.3, -0.25) is 4.79 Å². The number of carbonyl (C=O) groups is 1. The van der Waals surface area contributed by atoms with Crippen molar-refractivity contribution in [3.8, 4) is 0 Å². The van der Waals surface area contributed by atoms with Crippen molar-refractivity contribution in [2.75, 3.05) is 11.9 Å². The highest BCUT2D eigenvalue weighted by molar-refractivity contribution is 6.04. The molecule has 0 bridgehead atoms. The van der Waals surface area contributed by atoms with Gasteiger partial charge in [-0.25, -0.2) is 14.4 Å². The maximum Gasteiger partial charge on any atom is 0.259 e. The second-order valence-corrected chi connectivity index (χ2v) is 5.34. The van der Waals surface area contributed by atoms with E-state index in [0.717, 1.165) is 25.2 Å². The summed E-state index contributed by atoms with van der Waals surface area (Å²) in [7, 11) is 0. The van der Waals surface area contributed by atoms with Crippen LogP contribution in [-0.4, -0.2) is 22.4 Å². The molecule has 22 heavy (non-hydrogen) atoms. The van der Waals surface area contributed by atoms with Crippen molar-refractivity contribution in [1.29, 1.82) is 0 Å². The molecule has 5 nitrogen and oxygen atoms in total. The zero-order valence-corrected chi connectivity index (χ0v) is 12.3. The molecule has 1 aromatic carbocycles. The van der Waals surface area contributed by atoms with E-state index in [1.165, 1.54) is 24.3 Å². The second kappa shape index (κ2) is 6.19. The van der Waals surface area contributed by atoms with Gasteiger partial charge in [-0.15, -0.1) is 0 Å². The number of rotatable bonds is 3. The summed E-state index contributed by atoms with van der Waals surface area (Å²) in [6.45, 7) is 2.76. The highest BCUT2D eigenvalue weighted by Crippen LogP contribution is 2.20. The molecule has 1 aliphatic rings. The number of nitrogens with zero attached hydrogens (tertiary/aromatic N) is 2. The minimum Gasteiger partial charge on any atom is -0.322 e. The summed E-state index contributed by atoms with van der Waals surface area (Å²) in [4.78, 5) is 21.0. The van der Waals surface area contributed by atoms with Crippen molar-refractivity contribution in [2.24, 2.45) is 0 Å². The van der Waals surface area contributed by atoms with Gasteiger partial charge in [0.2, 0.25) is 0 Å². The van der Waals surface area contributed by atoms with E-state index in [1.54, 1.807) is 13.1 Å². The normalized spacial score (nSPS) is 17.5. The molecule has 0 aliphatic carbocycles. The topological polar surface area (TPSA) is 66.9 Å². The van der Waals surface area contributed by atoms with Crippen LogP contribution < -0.4 is 10.6 Å². The number of halogens is 1. The van der Waals surface area contributed by atoms with Crippen LogP contribution in [0.2, 0.25) is 0 Å². The van der Waals surface area contributed by atoms with Gasteiger partial charge in [0.05, 0.1) is 17.3 Å². The lowest BCUT2D eigenvalue weighted by Gasteiger charge is -2.11. The third-order valence-corrected chi connectivity index (χ3v) is 3.72. The van der Waals surface area contributed by atoms with Gasteiger partial charge in [-0.2, -0.15) is 0 Å². The minimum absolute atomic E-state index is 0.174. The lowest BCUT2D eigenvalue weighted by atomic mass is 10.2. The number of nitrogens with one attached hydrogen (secondary N) is 2. The molecule has 1 aliphatic heterocycles. The molecule has 1 atom stereocenters. The van der Waals surface area contributed by atoms with Crippen LogP contribution in [0.5, 0.6) is 0 Å². The summed E-state index contributed by atoms with van der Waals surface area (Å²) in [6.07, 6.45) is 3.68. The Morgan fingerprint density at radius 3 is 2.77 bits per heavy atom. The van der Waals surface area contributed by atoms with Gasteiger partial charge >= 0.3 is 0 Å². The Hall–Kier alpha value is -2.34. The first-order valence-corrected chi connectivity index (χ1v) is 7.27. The fourth-order valence-electron chi connectivity index (χ4n) is 2.51. The van der Waals surface area contributed by atoms with Gasteiger partial charge in [0.25, 0.3) is 5.91 Å². The summed E-state index contributed by atoms with van der Waals surface area (Å²) in [5, 5.41) is 6.05. The average molecular weight is 300 g/mol. The zero-order chi connectivity index (χ0) is 15.5. The van der Waals surface area contributed by atoms with E-state index in [-0.39, 0.29) is 17.8 Å². The van der Waals surface area contributed by atoms with Crippen molar-refractivity contribution in [3.63, 3.8) is 0 Å². The Morgan fingerprint density at radius 1 is 1.36 bits per heavy atom. The van der Waals surface area contributed by atoms with Crippen LogP contribution in [0.25, 0.3) is 0 Å². The number of aryl methyl sites for hydroxylation is 1. The molecule has 1 fully saturated rings. The van der Waals surface area contributed by atoms with E-state index >= 15 is 0 Å². The molecule has 1 amide bonds. The maximum atomic E-state index is 12.9. The number of benzene rings is 1. The van der Waals surface area contributed by atoms with Gasteiger partial charge in [0.1, 0.15) is 11.6 Å². The second-order valence-electron chi connectivity index (χ2n) is 5.34. The molecule has 0 radical (unpaired) electrons. The Morgan fingerprint density at radius 2 is 2.14 bits per heavy atom. The number of hydrogen-bond donors (Lipinski definition) is 2. The summed E-state index contributed by atoms with van der Waals surface area (Å²) in [6, 6.07) is 5.80. The smallest absolute Gasteiger partial charge is 0.259 e. The van der Waals surface area contributed by atoms with Gasteiger partial charge in [0.15, 0.2) is 0 Å². The van der Waals surface area contributed by atoms with Crippen molar-refractivity contribution < 1.29 is 9.18 Å². The molecule has 2 heterocycles. The molecule has 1 saturated heterocycles. The predicted octanol–water partition coefficient (Wildman–Crippen LogP) is 2.60. The summed E-state index contributed by atoms with van der Waals surface area (Å²) in [5.74, 6) is 0.0919. The molecule has 3 rings (SSSR count). The third kappa shape index (κ3) is 3.12. The Kier molecular flexibility index (Phi) is 4.11. The van der Waals surface area contributed by atoms with E-state index < -0.39 is 0 Å². The van der Waals surface area contributed by atoms with E-state index in [1.807, 2.05) is 0 Å². The average Bonchev–Trinajstić information content (AvgIpc) is 3.03. The number of amides is 1. The van der Waals surface area contributed by atoms with Crippen LogP contribution in [0.1, 0.15) is 40.8 Å². The van der Waals surface area contributed by atoms with Crippen LogP contribution in [0, 0.1) is 12.7 Å². The Labute approximate surface area is 128 Å².